The summed E-state index contributed by atoms with van der Waals surface area (Å²) in [7, 11) is -3.35. The summed E-state index contributed by atoms with van der Waals surface area (Å²) in [5.41, 5.74) is 0.297. The lowest BCUT2D eigenvalue weighted by Crippen LogP contribution is -2.22. The summed E-state index contributed by atoms with van der Waals surface area (Å²) >= 11 is 0. The second kappa shape index (κ2) is 6.74. The summed E-state index contributed by atoms with van der Waals surface area (Å²) in [6, 6.07) is 8.78. The summed E-state index contributed by atoms with van der Waals surface area (Å²) in [6.07, 6.45) is 1.08. The minimum atomic E-state index is -3.35. The molecule has 0 aliphatic rings. The number of carbonyl (C=O) groups is 1. The van der Waals surface area contributed by atoms with Gasteiger partial charge in [0.25, 0.3) is 0 Å². The molecule has 5 nitrogen and oxygen atoms in total. The Morgan fingerprint density at radius 2 is 1.87 bits per heavy atom. The molecule has 0 radical (unpaired) electrons. The molecule has 2 rings (SSSR count). The molecule has 23 heavy (non-hydrogen) atoms. The van der Waals surface area contributed by atoms with Crippen LogP contribution in [0.1, 0.15) is 0 Å². The van der Waals surface area contributed by atoms with Crippen LogP contribution < -0.4 is 10.6 Å². The molecule has 0 saturated carbocycles. The van der Waals surface area contributed by atoms with E-state index in [1.807, 2.05) is 0 Å². The molecule has 0 fully saturated rings. The minimum Gasteiger partial charge on any atom is -0.376 e. The molecule has 8 heteroatoms. The number of carbonyl (C=O) groups excluding carboxylic acids is 1. The number of nitrogens with one attached hydrogen (secondary N) is 2. The van der Waals surface area contributed by atoms with E-state index in [4.69, 9.17) is 0 Å². The lowest BCUT2D eigenvalue weighted by atomic mass is 10.3. The maximum atomic E-state index is 13.4. The van der Waals surface area contributed by atoms with Crippen molar-refractivity contribution in [3.8, 4) is 0 Å². The molecular weight excluding hydrogens is 326 g/mol. The third kappa shape index (κ3) is 4.75. The Morgan fingerprint density at radius 1 is 1.13 bits per heavy atom. The number of sulfone groups is 1. The van der Waals surface area contributed by atoms with Crippen molar-refractivity contribution in [1.82, 2.24) is 0 Å². The fraction of sp³-hybridized carbons (Fsp3) is 0.133. The predicted molar refractivity (Wildman–Crippen MR) is 83.0 cm³/mol. The molecule has 2 aromatic rings. The van der Waals surface area contributed by atoms with E-state index in [1.54, 1.807) is 6.07 Å². The summed E-state index contributed by atoms with van der Waals surface area (Å²) in [4.78, 5) is 11.9. The Hall–Kier alpha value is -2.48. The third-order valence-electron chi connectivity index (χ3n) is 2.92. The van der Waals surface area contributed by atoms with Crippen molar-refractivity contribution in [2.45, 2.75) is 4.90 Å². The maximum absolute atomic E-state index is 13.4. The van der Waals surface area contributed by atoms with Gasteiger partial charge in [-0.05, 0) is 30.3 Å². The Balaban J connectivity index is 1.99. The van der Waals surface area contributed by atoms with Gasteiger partial charge in [0.05, 0.1) is 17.1 Å². The van der Waals surface area contributed by atoms with Crippen LogP contribution in [0.15, 0.2) is 47.4 Å². The third-order valence-corrected chi connectivity index (χ3v) is 4.03. The highest BCUT2D eigenvalue weighted by Crippen LogP contribution is 2.16. The number of hydrogen-bond acceptors (Lipinski definition) is 4. The van der Waals surface area contributed by atoms with Crippen molar-refractivity contribution >= 4 is 27.1 Å². The Morgan fingerprint density at radius 3 is 2.52 bits per heavy atom. The van der Waals surface area contributed by atoms with Gasteiger partial charge in [-0.2, -0.15) is 0 Å². The first-order valence-electron chi connectivity index (χ1n) is 6.54. The maximum Gasteiger partial charge on any atom is 0.243 e. The van der Waals surface area contributed by atoms with E-state index in [-0.39, 0.29) is 17.1 Å². The van der Waals surface area contributed by atoms with E-state index < -0.39 is 27.4 Å². The molecule has 1 amide bonds. The zero-order valence-electron chi connectivity index (χ0n) is 12.1. The molecule has 122 valence electrons. The lowest BCUT2D eigenvalue weighted by Gasteiger charge is -2.09. The lowest BCUT2D eigenvalue weighted by molar-refractivity contribution is -0.114. The largest absolute Gasteiger partial charge is 0.376 e. The number of benzene rings is 2. The number of halogens is 2. The fourth-order valence-corrected chi connectivity index (χ4v) is 2.47. The first-order chi connectivity index (χ1) is 10.8. The van der Waals surface area contributed by atoms with Crippen LogP contribution in [-0.2, 0) is 14.6 Å². The zero-order valence-corrected chi connectivity index (χ0v) is 13.0. The zero-order chi connectivity index (χ0) is 17.0. The van der Waals surface area contributed by atoms with Gasteiger partial charge in [0.1, 0.15) is 11.6 Å². The molecule has 0 saturated heterocycles. The highest BCUT2D eigenvalue weighted by atomic mass is 32.2. The van der Waals surface area contributed by atoms with Crippen LogP contribution in [0.5, 0.6) is 0 Å². The second-order valence-corrected chi connectivity index (χ2v) is 6.84. The van der Waals surface area contributed by atoms with Gasteiger partial charge >= 0.3 is 0 Å². The molecule has 0 unspecified atom stereocenters. The van der Waals surface area contributed by atoms with Crippen LogP contribution in [0.3, 0.4) is 0 Å². The van der Waals surface area contributed by atoms with Crippen molar-refractivity contribution in [2.24, 2.45) is 0 Å². The highest BCUT2D eigenvalue weighted by Gasteiger charge is 2.10. The molecule has 0 bridgehead atoms. The van der Waals surface area contributed by atoms with Crippen LogP contribution >= 0.6 is 0 Å². The first-order valence-corrected chi connectivity index (χ1v) is 8.44. The van der Waals surface area contributed by atoms with E-state index in [1.165, 1.54) is 18.2 Å². The standard InChI is InChI=1S/C15H14F2N2O3S/c1-23(21,22)12-4-2-3-11(8-12)18-9-15(20)19-14-6-5-10(16)7-13(14)17/h2-8,18H,9H2,1H3,(H,19,20). The number of amides is 1. The summed E-state index contributed by atoms with van der Waals surface area (Å²) in [5.74, 6) is -2.17. The van der Waals surface area contributed by atoms with E-state index in [9.17, 15) is 22.0 Å². The van der Waals surface area contributed by atoms with Crippen molar-refractivity contribution in [2.75, 3.05) is 23.4 Å². The predicted octanol–water partition coefficient (Wildman–Crippen LogP) is 2.42. The fourth-order valence-electron chi connectivity index (χ4n) is 1.80. The van der Waals surface area contributed by atoms with E-state index in [2.05, 4.69) is 10.6 Å². The quantitative estimate of drug-likeness (QED) is 0.876. The Kier molecular flexibility index (Phi) is 4.95. The van der Waals surface area contributed by atoms with Gasteiger partial charge in [-0.1, -0.05) is 6.07 Å². The molecule has 0 aliphatic heterocycles. The molecule has 2 N–H and O–H groups in total. The minimum absolute atomic E-state index is 0.118. The highest BCUT2D eigenvalue weighted by molar-refractivity contribution is 7.90. The molecule has 2 aromatic carbocycles. The first kappa shape index (κ1) is 16.9. The van der Waals surface area contributed by atoms with Crippen LogP contribution in [0.4, 0.5) is 20.2 Å². The topological polar surface area (TPSA) is 75.3 Å². The van der Waals surface area contributed by atoms with Gasteiger partial charge in [-0.15, -0.1) is 0 Å². The SMILES string of the molecule is CS(=O)(=O)c1cccc(NCC(=O)Nc2ccc(F)cc2F)c1. The number of hydrogen-bond donors (Lipinski definition) is 2. The van der Waals surface area contributed by atoms with E-state index >= 15 is 0 Å². The molecular formula is C15H14F2N2O3S. The summed E-state index contributed by atoms with van der Waals surface area (Å²) < 4.78 is 49.1. The molecule has 0 atom stereocenters. The smallest absolute Gasteiger partial charge is 0.243 e. The number of anilines is 2. The molecule has 0 spiro atoms. The van der Waals surface area contributed by atoms with Crippen LogP contribution in [-0.4, -0.2) is 27.1 Å². The molecule has 0 heterocycles. The van der Waals surface area contributed by atoms with E-state index in [0.717, 1.165) is 18.4 Å². The van der Waals surface area contributed by atoms with Crippen molar-refractivity contribution in [3.05, 3.63) is 54.1 Å². The Labute approximate surface area is 132 Å². The summed E-state index contributed by atoms with van der Waals surface area (Å²) in [5, 5.41) is 5.03. The van der Waals surface area contributed by atoms with Crippen molar-refractivity contribution in [1.29, 1.82) is 0 Å². The van der Waals surface area contributed by atoms with Gasteiger partial charge < -0.3 is 10.6 Å². The van der Waals surface area contributed by atoms with Gasteiger partial charge in [0.2, 0.25) is 5.91 Å². The van der Waals surface area contributed by atoms with Crippen molar-refractivity contribution in [3.63, 3.8) is 0 Å². The van der Waals surface area contributed by atoms with Gasteiger partial charge in [0, 0.05) is 18.0 Å². The van der Waals surface area contributed by atoms with Gasteiger partial charge in [0.15, 0.2) is 9.84 Å². The van der Waals surface area contributed by atoms with Crippen molar-refractivity contribution < 1.29 is 22.0 Å². The normalized spacial score (nSPS) is 11.1. The van der Waals surface area contributed by atoms with Crippen LogP contribution in [0, 0.1) is 11.6 Å². The van der Waals surface area contributed by atoms with Crippen LogP contribution in [0.2, 0.25) is 0 Å². The molecule has 0 aliphatic carbocycles. The van der Waals surface area contributed by atoms with Gasteiger partial charge in [-0.25, -0.2) is 17.2 Å². The Bertz CT molecular complexity index is 838. The second-order valence-electron chi connectivity index (χ2n) is 4.83. The van der Waals surface area contributed by atoms with Crippen LogP contribution in [0.25, 0.3) is 0 Å². The van der Waals surface area contributed by atoms with Gasteiger partial charge in [-0.3, -0.25) is 4.79 Å². The number of rotatable bonds is 5. The van der Waals surface area contributed by atoms with E-state index in [0.29, 0.717) is 11.8 Å². The summed E-state index contributed by atoms with van der Waals surface area (Å²) in [6.45, 7) is -0.204. The monoisotopic (exact) mass is 340 g/mol. The molecule has 0 aromatic heterocycles. The average Bonchev–Trinajstić information content (AvgIpc) is 2.47. The average molecular weight is 340 g/mol.